The summed E-state index contributed by atoms with van der Waals surface area (Å²) in [6, 6.07) is 1.000. The number of amides is 3. The number of nitrogens with two attached hydrogens (primary N) is 1. The van der Waals surface area contributed by atoms with E-state index in [2.05, 4.69) is 21.2 Å². The molecule has 0 radical (unpaired) electrons. The number of carbonyl (C=O) groups excluding carboxylic acids is 2. The molecule has 0 heterocycles. The van der Waals surface area contributed by atoms with E-state index in [0.29, 0.717) is 4.47 Å². The summed E-state index contributed by atoms with van der Waals surface area (Å²) in [7, 11) is 0. The second-order valence-corrected chi connectivity index (χ2v) is 4.77. The van der Waals surface area contributed by atoms with E-state index in [4.69, 9.17) is 5.73 Å². The van der Waals surface area contributed by atoms with E-state index >= 15 is 0 Å². The van der Waals surface area contributed by atoms with Gasteiger partial charge < -0.3 is 11.1 Å². The molecular formula is C11H11BrF3N3O2. The lowest BCUT2D eigenvalue weighted by Crippen LogP contribution is -2.43. The van der Waals surface area contributed by atoms with Crippen molar-refractivity contribution in [3.8, 4) is 0 Å². The molecule has 1 rings (SSSR count). The number of alkyl halides is 3. The van der Waals surface area contributed by atoms with Crippen molar-refractivity contribution in [2.75, 3.05) is 5.32 Å². The first-order valence-electron chi connectivity index (χ1n) is 5.35. The fraction of sp³-hybridized carbons (Fsp3) is 0.273. The van der Waals surface area contributed by atoms with Crippen LogP contribution in [-0.4, -0.2) is 18.0 Å². The van der Waals surface area contributed by atoms with E-state index in [9.17, 15) is 22.8 Å². The first-order valence-corrected chi connectivity index (χ1v) is 6.14. The molecule has 0 aliphatic rings. The van der Waals surface area contributed by atoms with Gasteiger partial charge >= 0.3 is 12.2 Å². The maximum absolute atomic E-state index is 12.6. The Kier molecular flexibility index (Phi) is 4.98. The predicted octanol–water partition coefficient (Wildman–Crippen LogP) is 2.46. The molecule has 4 N–H and O–H groups in total. The van der Waals surface area contributed by atoms with Crippen LogP contribution in [0.15, 0.2) is 22.7 Å². The third-order valence-electron chi connectivity index (χ3n) is 2.31. The Morgan fingerprint density at radius 1 is 1.35 bits per heavy atom. The summed E-state index contributed by atoms with van der Waals surface area (Å²) >= 11 is 3.07. The first-order chi connectivity index (χ1) is 9.11. The Morgan fingerprint density at radius 2 is 1.95 bits per heavy atom. The molecule has 1 aromatic carbocycles. The molecular weight excluding hydrogens is 343 g/mol. The van der Waals surface area contributed by atoms with Crippen molar-refractivity contribution in [3.05, 3.63) is 28.2 Å². The van der Waals surface area contributed by atoms with E-state index in [1.807, 2.05) is 5.32 Å². The van der Waals surface area contributed by atoms with Gasteiger partial charge in [-0.2, -0.15) is 13.2 Å². The van der Waals surface area contributed by atoms with Crippen LogP contribution in [-0.2, 0) is 11.0 Å². The van der Waals surface area contributed by atoms with Gasteiger partial charge in [0.05, 0.1) is 5.56 Å². The monoisotopic (exact) mass is 353 g/mol. The minimum absolute atomic E-state index is 0.0759. The molecule has 0 saturated heterocycles. The molecule has 110 valence electrons. The highest BCUT2D eigenvalue weighted by atomic mass is 79.9. The molecule has 0 spiro atoms. The lowest BCUT2D eigenvalue weighted by atomic mass is 10.2. The van der Waals surface area contributed by atoms with Gasteiger partial charge in [-0.3, -0.25) is 10.1 Å². The standard InChI is InChI=1S/C11H11BrF3N3O2/c1-5(9(19)18-10(16)20)17-8-4-6(11(13,14)15)2-3-7(8)12/h2-5,17H,1H3,(H3,16,18,19,20). The molecule has 0 aliphatic heterocycles. The van der Waals surface area contributed by atoms with Gasteiger partial charge in [0.2, 0.25) is 5.91 Å². The van der Waals surface area contributed by atoms with E-state index < -0.39 is 29.7 Å². The topological polar surface area (TPSA) is 84.2 Å². The van der Waals surface area contributed by atoms with Gasteiger partial charge in [-0.25, -0.2) is 4.79 Å². The lowest BCUT2D eigenvalue weighted by Gasteiger charge is -2.17. The van der Waals surface area contributed by atoms with Crippen molar-refractivity contribution in [3.63, 3.8) is 0 Å². The molecule has 1 atom stereocenters. The number of carbonyl (C=O) groups is 2. The highest BCUT2D eigenvalue weighted by Gasteiger charge is 2.31. The lowest BCUT2D eigenvalue weighted by molar-refractivity contribution is -0.137. The molecule has 1 aromatic rings. The number of benzene rings is 1. The smallest absolute Gasteiger partial charge is 0.373 e. The van der Waals surface area contributed by atoms with Gasteiger partial charge in [0.15, 0.2) is 0 Å². The van der Waals surface area contributed by atoms with Gasteiger partial charge in [0.1, 0.15) is 6.04 Å². The predicted molar refractivity (Wildman–Crippen MR) is 70.0 cm³/mol. The Morgan fingerprint density at radius 3 is 2.45 bits per heavy atom. The van der Waals surface area contributed by atoms with Crippen molar-refractivity contribution in [1.82, 2.24) is 5.32 Å². The summed E-state index contributed by atoms with van der Waals surface area (Å²) < 4.78 is 38.1. The molecule has 9 heteroatoms. The molecule has 0 saturated carbocycles. The van der Waals surface area contributed by atoms with E-state index in [1.165, 1.54) is 13.0 Å². The van der Waals surface area contributed by atoms with Crippen LogP contribution in [0.5, 0.6) is 0 Å². The zero-order valence-electron chi connectivity index (χ0n) is 10.2. The molecule has 5 nitrogen and oxygen atoms in total. The number of hydrogen-bond donors (Lipinski definition) is 3. The van der Waals surface area contributed by atoms with Crippen molar-refractivity contribution >= 4 is 33.6 Å². The van der Waals surface area contributed by atoms with E-state index in [0.717, 1.165) is 12.1 Å². The fourth-order valence-corrected chi connectivity index (χ4v) is 1.70. The number of halogens is 4. The van der Waals surface area contributed by atoms with Gasteiger partial charge in [0, 0.05) is 10.2 Å². The zero-order valence-corrected chi connectivity index (χ0v) is 11.8. The van der Waals surface area contributed by atoms with Gasteiger partial charge in [-0.15, -0.1) is 0 Å². The minimum atomic E-state index is -4.49. The number of imide groups is 1. The van der Waals surface area contributed by atoms with Gasteiger partial charge in [-0.05, 0) is 41.1 Å². The Labute approximate surface area is 120 Å². The zero-order chi connectivity index (χ0) is 15.5. The maximum Gasteiger partial charge on any atom is 0.416 e. The average molecular weight is 354 g/mol. The second-order valence-electron chi connectivity index (χ2n) is 3.91. The molecule has 0 aromatic heterocycles. The number of rotatable bonds is 3. The summed E-state index contributed by atoms with van der Waals surface area (Å²) in [5.74, 6) is -0.748. The summed E-state index contributed by atoms with van der Waals surface area (Å²) in [5, 5.41) is 4.39. The Hall–Kier alpha value is -1.77. The van der Waals surface area contributed by atoms with Crippen molar-refractivity contribution in [1.29, 1.82) is 0 Å². The van der Waals surface area contributed by atoms with Crippen LogP contribution in [0.25, 0.3) is 0 Å². The summed E-state index contributed by atoms with van der Waals surface area (Å²) in [6.45, 7) is 1.38. The largest absolute Gasteiger partial charge is 0.416 e. The summed E-state index contributed by atoms with van der Waals surface area (Å²) in [5.41, 5.74) is 4.00. The van der Waals surface area contributed by atoms with Crippen LogP contribution >= 0.6 is 15.9 Å². The fourth-order valence-electron chi connectivity index (χ4n) is 1.34. The highest BCUT2D eigenvalue weighted by Crippen LogP contribution is 2.34. The maximum atomic E-state index is 12.6. The van der Waals surface area contributed by atoms with Crippen LogP contribution in [0.4, 0.5) is 23.7 Å². The molecule has 0 bridgehead atoms. The molecule has 3 amide bonds. The average Bonchev–Trinajstić information content (AvgIpc) is 2.29. The number of nitrogens with one attached hydrogen (secondary N) is 2. The van der Waals surface area contributed by atoms with Crippen LogP contribution in [0.2, 0.25) is 0 Å². The minimum Gasteiger partial charge on any atom is -0.373 e. The Bertz CT molecular complexity index is 534. The first kappa shape index (κ1) is 16.3. The Balaban J connectivity index is 2.92. The summed E-state index contributed by atoms with van der Waals surface area (Å²) in [6.07, 6.45) is -4.49. The van der Waals surface area contributed by atoms with Crippen LogP contribution in [0, 0.1) is 0 Å². The van der Waals surface area contributed by atoms with E-state index in [1.54, 1.807) is 0 Å². The number of primary amides is 1. The highest BCUT2D eigenvalue weighted by molar-refractivity contribution is 9.10. The van der Waals surface area contributed by atoms with Crippen molar-refractivity contribution in [2.45, 2.75) is 19.1 Å². The van der Waals surface area contributed by atoms with Gasteiger partial charge in [-0.1, -0.05) is 0 Å². The second kappa shape index (κ2) is 6.12. The summed E-state index contributed by atoms with van der Waals surface area (Å²) in [4.78, 5) is 22.0. The number of hydrogen-bond acceptors (Lipinski definition) is 3. The van der Waals surface area contributed by atoms with Crippen LogP contribution < -0.4 is 16.4 Å². The molecule has 0 fully saturated rings. The third-order valence-corrected chi connectivity index (χ3v) is 3.00. The van der Waals surface area contributed by atoms with Crippen LogP contribution in [0.1, 0.15) is 12.5 Å². The van der Waals surface area contributed by atoms with Crippen molar-refractivity contribution in [2.24, 2.45) is 5.73 Å². The normalized spacial score (nSPS) is 12.7. The number of anilines is 1. The quantitative estimate of drug-likeness (QED) is 0.780. The van der Waals surface area contributed by atoms with Crippen LogP contribution in [0.3, 0.4) is 0 Å². The molecule has 0 aliphatic carbocycles. The third kappa shape index (κ3) is 4.41. The van der Waals surface area contributed by atoms with E-state index in [-0.39, 0.29) is 5.69 Å². The number of urea groups is 1. The van der Waals surface area contributed by atoms with Crippen molar-refractivity contribution < 1.29 is 22.8 Å². The molecule has 20 heavy (non-hydrogen) atoms. The van der Waals surface area contributed by atoms with Gasteiger partial charge in [0.25, 0.3) is 0 Å². The SMILES string of the molecule is CC(Nc1cc(C(F)(F)F)ccc1Br)C(=O)NC(N)=O. The molecule has 1 unspecified atom stereocenters.